The van der Waals surface area contributed by atoms with Gasteiger partial charge >= 0.3 is 0 Å². The van der Waals surface area contributed by atoms with E-state index in [0.717, 1.165) is 9.13 Å². The largest absolute Gasteiger partial charge is 0.280 e. The van der Waals surface area contributed by atoms with E-state index in [2.05, 4.69) is 27.3 Å². The van der Waals surface area contributed by atoms with Crippen LogP contribution in [0.5, 0.6) is 0 Å². The molecule has 0 spiro atoms. The summed E-state index contributed by atoms with van der Waals surface area (Å²) in [5, 5.41) is 8.58. The van der Waals surface area contributed by atoms with Crippen molar-refractivity contribution in [2.75, 3.05) is 4.72 Å². The van der Waals surface area contributed by atoms with Crippen molar-refractivity contribution in [3.63, 3.8) is 0 Å². The third-order valence-corrected chi connectivity index (χ3v) is 4.73. The number of hydrogen-bond acceptors (Lipinski definition) is 3. The SMILES string of the molecule is N#CCc1ccc(S(=O)(=O)Nc2ccc(I)cc2)cc1. The Bertz CT molecular complexity index is 732. The van der Waals surface area contributed by atoms with Gasteiger partial charge in [0.25, 0.3) is 10.0 Å². The van der Waals surface area contributed by atoms with Crippen molar-refractivity contribution in [3.05, 3.63) is 57.7 Å². The topological polar surface area (TPSA) is 70.0 Å². The molecule has 0 aliphatic rings. The highest BCUT2D eigenvalue weighted by molar-refractivity contribution is 14.1. The lowest BCUT2D eigenvalue weighted by molar-refractivity contribution is 0.601. The average molecular weight is 398 g/mol. The van der Waals surface area contributed by atoms with Crippen molar-refractivity contribution < 1.29 is 8.42 Å². The number of sulfonamides is 1. The molecule has 0 aliphatic carbocycles. The molecule has 0 heterocycles. The summed E-state index contributed by atoms with van der Waals surface area (Å²) in [5.41, 5.74) is 1.31. The first-order chi connectivity index (χ1) is 9.51. The lowest BCUT2D eigenvalue weighted by Crippen LogP contribution is -2.12. The maximum Gasteiger partial charge on any atom is 0.261 e. The Kier molecular flexibility index (Phi) is 4.62. The molecule has 0 bridgehead atoms. The summed E-state index contributed by atoms with van der Waals surface area (Å²) in [6.45, 7) is 0. The molecule has 0 aliphatic heterocycles. The first kappa shape index (κ1) is 14.8. The van der Waals surface area contributed by atoms with Crippen LogP contribution in [0, 0.1) is 14.9 Å². The van der Waals surface area contributed by atoms with E-state index in [-0.39, 0.29) is 11.3 Å². The maximum absolute atomic E-state index is 12.2. The number of hydrogen-bond donors (Lipinski definition) is 1. The first-order valence-corrected chi connectivity index (χ1v) is 8.32. The van der Waals surface area contributed by atoms with E-state index in [0.29, 0.717) is 5.69 Å². The van der Waals surface area contributed by atoms with Crippen LogP contribution in [0.4, 0.5) is 5.69 Å². The molecule has 6 heteroatoms. The molecule has 0 unspecified atom stereocenters. The Hall–Kier alpha value is -1.59. The van der Waals surface area contributed by atoms with Crippen LogP contribution < -0.4 is 4.72 Å². The van der Waals surface area contributed by atoms with E-state index in [1.165, 1.54) is 12.1 Å². The molecule has 4 nitrogen and oxygen atoms in total. The van der Waals surface area contributed by atoms with E-state index in [1.807, 2.05) is 18.2 Å². The maximum atomic E-state index is 12.2. The molecule has 2 aromatic carbocycles. The summed E-state index contributed by atoms with van der Waals surface area (Å²) < 4.78 is 27.9. The van der Waals surface area contributed by atoms with Crippen molar-refractivity contribution in [1.29, 1.82) is 5.26 Å². The third kappa shape index (κ3) is 3.71. The Morgan fingerprint density at radius 1 is 1.05 bits per heavy atom. The molecule has 0 atom stereocenters. The third-order valence-electron chi connectivity index (χ3n) is 2.61. The van der Waals surface area contributed by atoms with E-state index < -0.39 is 10.0 Å². The van der Waals surface area contributed by atoms with Crippen LogP contribution in [0.15, 0.2) is 53.4 Å². The minimum atomic E-state index is -3.59. The second kappa shape index (κ2) is 6.24. The van der Waals surface area contributed by atoms with Crippen molar-refractivity contribution >= 4 is 38.3 Å². The first-order valence-electron chi connectivity index (χ1n) is 5.75. The van der Waals surface area contributed by atoms with Crippen molar-refractivity contribution in [2.45, 2.75) is 11.3 Å². The molecule has 1 N–H and O–H groups in total. The number of anilines is 1. The number of halogens is 1. The fourth-order valence-corrected chi connectivity index (χ4v) is 3.03. The summed E-state index contributed by atoms with van der Waals surface area (Å²) >= 11 is 2.15. The highest BCUT2D eigenvalue weighted by atomic mass is 127. The lowest BCUT2D eigenvalue weighted by atomic mass is 10.2. The predicted molar refractivity (Wildman–Crippen MR) is 85.7 cm³/mol. The fraction of sp³-hybridized carbons (Fsp3) is 0.0714. The number of rotatable bonds is 4. The highest BCUT2D eigenvalue weighted by Crippen LogP contribution is 2.17. The van der Waals surface area contributed by atoms with E-state index in [1.54, 1.807) is 24.3 Å². The summed E-state index contributed by atoms with van der Waals surface area (Å²) in [5.74, 6) is 0. The van der Waals surface area contributed by atoms with Crippen LogP contribution >= 0.6 is 22.6 Å². The number of nitrogens with zero attached hydrogens (tertiary/aromatic N) is 1. The second-order valence-electron chi connectivity index (χ2n) is 4.09. The Balaban J connectivity index is 2.22. The quantitative estimate of drug-likeness (QED) is 0.805. The summed E-state index contributed by atoms with van der Waals surface area (Å²) in [6.07, 6.45) is 0.269. The normalized spacial score (nSPS) is 10.8. The Labute approximate surface area is 131 Å². The molecule has 102 valence electrons. The van der Waals surface area contributed by atoms with Gasteiger partial charge in [-0.25, -0.2) is 8.42 Å². The Morgan fingerprint density at radius 3 is 2.20 bits per heavy atom. The standard InChI is InChI=1S/C14H11IN2O2S/c15-12-3-5-13(6-4-12)17-20(18,19)14-7-1-11(2-8-14)9-10-16/h1-8,17H,9H2. The van der Waals surface area contributed by atoms with Crippen molar-refractivity contribution in [2.24, 2.45) is 0 Å². The highest BCUT2D eigenvalue weighted by Gasteiger charge is 2.13. The van der Waals surface area contributed by atoms with Crippen LogP contribution in [0.1, 0.15) is 5.56 Å². The van der Waals surface area contributed by atoms with Gasteiger partial charge in [0.1, 0.15) is 0 Å². The zero-order valence-electron chi connectivity index (χ0n) is 10.4. The number of nitrogens with one attached hydrogen (secondary N) is 1. The van der Waals surface area contributed by atoms with Crippen LogP contribution in [0.3, 0.4) is 0 Å². The van der Waals surface area contributed by atoms with Crippen molar-refractivity contribution in [1.82, 2.24) is 0 Å². The van der Waals surface area contributed by atoms with Gasteiger partial charge < -0.3 is 0 Å². The predicted octanol–water partition coefficient (Wildman–Crippen LogP) is 3.16. The molecule has 20 heavy (non-hydrogen) atoms. The van der Waals surface area contributed by atoms with Gasteiger partial charge in [0, 0.05) is 9.26 Å². The average Bonchev–Trinajstić information content (AvgIpc) is 2.42. The van der Waals surface area contributed by atoms with Crippen LogP contribution in [-0.2, 0) is 16.4 Å². The van der Waals surface area contributed by atoms with Gasteiger partial charge in [-0.1, -0.05) is 12.1 Å². The van der Waals surface area contributed by atoms with Gasteiger partial charge in [0.05, 0.1) is 17.4 Å². The van der Waals surface area contributed by atoms with Gasteiger partial charge in [-0.15, -0.1) is 0 Å². The van der Waals surface area contributed by atoms with Crippen LogP contribution in [0.2, 0.25) is 0 Å². The minimum absolute atomic E-state index is 0.178. The van der Waals surface area contributed by atoms with Gasteiger partial charge in [-0.3, -0.25) is 4.72 Å². The molecule has 0 radical (unpaired) electrons. The van der Waals surface area contributed by atoms with E-state index in [4.69, 9.17) is 5.26 Å². The monoisotopic (exact) mass is 398 g/mol. The van der Waals surface area contributed by atoms with Crippen LogP contribution in [-0.4, -0.2) is 8.42 Å². The molecular weight excluding hydrogens is 387 g/mol. The minimum Gasteiger partial charge on any atom is -0.280 e. The van der Waals surface area contributed by atoms with E-state index >= 15 is 0 Å². The van der Waals surface area contributed by atoms with Crippen molar-refractivity contribution in [3.8, 4) is 6.07 Å². The molecule has 0 saturated carbocycles. The molecular formula is C14H11IN2O2S. The molecule has 2 rings (SSSR count). The fourth-order valence-electron chi connectivity index (χ4n) is 1.61. The summed E-state index contributed by atoms with van der Waals surface area (Å²) in [6, 6.07) is 15.4. The van der Waals surface area contributed by atoms with Crippen LogP contribution in [0.25, 0.3) is 0 Å². The van der Waals surface area contributed by atoms with Gasteiger partial charge in [0.15, 0.2) is 0 Å². The molecule has 2 aromatic rings. The smallest absolute Gasteiger partial charge is 0.261 e. The summed E-state index contributed by atoms with van der Waals surface area (Å²) in [7, 11) is -3.59. The molecule has 0 amide bonds. The second-order valence-corrected chi connectivity index (χ2v) is 7.02. The van der Waals surface area contributed by atoms with Gasteiger partial charge in [-0.2, -0.15) is 5.26 Å². The lowest BCUT2D eigenvalue weighted by Gasteiger charge is -2.08. The van der Waals surface area contributed by atoms with Gasteiger partial charge in [0.2, 0.25) is 0 Å². The molecule has 0 fully saturated rings. The van der Waals surface area contributed by atoms with Gasteiger partial charge in [-0.05, 0) is 64.6 Å². The number of benzene rings is 2. The summed E-state index contributed by atoms with van der Waals surface area (Å²) in [4.78, 5) is 0.178. The van der Waals surface area contributed by atoms with E-state index in [9.17, 15) is 8.42 Å². The number of nitriles is 1. The molecule has 0 saturated heterocycles. The Morgan fingerprint density at radius 2 is 1.65 bits per heavy atom. The molecule has 0 aromatic heterocycles. The zero-order valence-corrected chi connectivity index (χ0v) is 13.3. The zero-order chi connectivity index (χ0) is 14.6.